The highest BCUT2D eigenvalue weighted by molar-refractivity contribution is 7.98. The molecule has 3 N–H and O–H groups in total. The molecule has 0 aliphatic carbocycles. The van der Waals surface area contributed by atoms with E-state index in [9.17, 15) is 0 Å². The van der Waals surface area contributed by atoms with Crippen LogP contribution in [0.5, 0.6) is 5.75 Å². The number of hydrogen-bond donors (Lipinski definition) is 3. The molecule has 0 aliphatic rings. The van der Waals surface area contributed by atoms with Gasteiger partial charge in [0.15, 0.2) is 0 Å². The number of rotatable bonds is 9. The van der Waals surface area contributed by atoms with E-state index in [0.717, 1.165) is 41.6 Å². The molecule has 0 atom stereocenters. The van der Waals surface area contributed by atoms with Gasteiger partial charge < -0.3 is 20.0 Å². The monoisotopic (exact) mass is 387 g/mol. The van der Waals surface area contributed by atoms with Crippen LogP contribution in [0.25, 0.3) is 0 Å². The van der Waals surface area contributed by atoms with Crippen molar-refractivity contribution in [2.45, 2.75) is 12.2 Å². The predicted octanol–water partition coefficient (Wildman–Crippen LogP) is 3.81. The molecule has 2 heterocycles. The van der Waals surface area contributed by atoms with E-state index in [1.54, 1.807) is 13.3 Å². The third-order valence-corrected chi connectivity index (χ3v) is 5.09. The molecule has 26 heavy (non-hydrogen) atoms. The van der Waals surface area contributed by atoms with E-state index in [-0.39, 0.29) is 0 Å². The highest BCUT2D eigenvalue weighted by Gasteiger charge is 2.03. The Morgan fingerprint density at radius 3 is 2.77 bits per heavy atom. The fourth-order valence-corrected chi connectivity index (χ4v) is 3.35. The molecular weight excluding hydrogens is 366 g/mol. The van der Waals surface area contributed by atoms with Gasteiger partial charge in [-0.2, -0.15) is 11.8 Å². The van der Waals surface area contributed by atoms with Crippen LogP contribution < -0.4 is 10.1 Å². The minimum absolute atomic E-state index is 0.701. The van der Waals surface area contributed by atoms with Gasteiger partial charge in [-0.15, -0.1) is 0 Å². The summed E-state index contributed by atoms with van der Waals surface area (Å²) in [4.78, 5) is 14.9. The molecule has 1 aromatic carbocycles. The van der Waals surface area contributed by atoms with Crippen molar-refractivity contribution >= 4 is 29.9 Å². The summed E-state index contributed by atoms with van der Waals surface area (Å²) in [6.07, 6.45) is 6.18. The van der Waals surface area contributed by atoms with Gasteiger partial charge in [-0.05, 0) is 17.7 Å². The first-order valence-electron chi connectivity index (χ1n) is 8.25. The molecule has 2 aromatic heterocycles. The van der Waals surface area contributed by atoms with Crippen LogP contribution in [-0.4, -0.2) is 39.3 Å². The number of nitrogens with one attached hydrogen (secondary N) is 3. The van der Waals surface area contributed by atoms with Crippen molar-refractivity contribution < 1.29 is 4.74 Å². The second kappa shape index (κ2) is 9.40. The summed E-state index contributed by atoms with van der Waals surface area (Å²) in [5.74, 6) is 4.37. The second-order valence-corrected chi connectivity index (χ2v) is 7.14. The maximum absolute atomic E-state index is 5.47. The number of H-pyrrole nitrogens is 2. The quantitative estimate of drug-likeness (QED) is 0.383. The molecule has 0 saturated carbocycles. The SMILES string of the molecule is COc1ccc(Cc2cnc(NCCSCc3ncc[nH]3)[nH]c2=S)cc1. The normalized spacial score (nSPS) is 10.7. The van der Waals surface area contributed by atoms with Crippen molar-refractivity contribution in [1.29, 1.82) is 0 Å². The van der Waals surface area contributed by atoms with E-state index >= 15 is 0 Å². The van der Waals surface area contributed by atoms with Crippen LogP contribution in [0.15, 0.2) is 42.9 Å². The van der Waals surface area contributed by atoms with Crippen molar-refractivity contribution in [3.8, 4) is 5.75 Å². The third-order valence-electron chi connectivity index (χ3n) is 3.76. The number of ether oxygens (including phenoxy) is 1. The van der Waals surface area contributed by atoms with Crippen molar-refractivity contribution in [1.82, 2.24) is 19.9 Å². The average molecular weight is 388 g/mol. The second-order valence-electron chi connectivity index (χ2n) is 5.63. The molecule has 6 nitrogen and oxygen atoms in total. The summed E-state index contributed by atoms with van der Waals surface area (Å²) in [5, 5.41) is 3.27. The lowest BCUT2D eigenvalue weighted by Crippen LogP contribution is -2.08. The standard InChI is InChI=1S/C18H21N5OS2/c1-24-15-4-2-13(3-5-15)10-14-11-22-18(23-17(14)25)21-8-9-26-12-16-19-6-7-20-16/h2-7,11H,8-10,12H2,1H3,(H,19,20)(H2,21,22,23,25). The Balaban J connectivity index is 1.48. The molecule has 0 radical (unpaired) electrons. The van der Waals surface area contributed by atoms with Crippen LogP contribution in [0.2, 0.25) is 0 Å². The highest BCUT2D eigenvalue weighted by Crippen LogP contribution is 2.15. The average Bonchev–Trinajstić information content (AvgIpc) is 3.18. The lowest BCUT2D eigenvalue weighted by molar-refractivity contribution is 0.414. The number of nitrogens with zero attached hydrogens (tertiary/aromatic N) is 2. The summed E-state index contributed by atoms with van der Waals surface area (Å²) < 4.78 is 5.89. The molecule has 0 fully saturated rings. The number of imidazole rings is 1. The van der Waals surface area contributed by atoms with Crippen LogP contribution in [0.3, 0.4) is 0 Å². The van der Waals surface area contributed by atoms with E-state index in [1.165, 1.54) is 5.56 Å². The van der Waals surface area contributed by atoms with Crippen molar-refractivity contribution in [3.05, 3.63) is 64.4 Å². The fourth-order valence-electron chi connectivity index (χ4n) is 2.39. The Kier molecular flexibility index (Phi) is 6.68. The van der Waals surface area contributed by atoms with Gasteiger partial charge in [-0.1, -0.05) is 24.4 Å². The maximum Gasteiger partial charge on any atom is 0.201 e. The zero-order valence-electron chi connectivity index (χ0n) is 14.5. The smallest absolute Gasteiger partial charge is 0.201 e. The number of hydrogen-bond acceptors (Lipinski definition) is 6. The molecule has 3 aromatic rings. The Morgan fingerprint density at radius 2 is 2.08 bits per heavy atom. The van der Waals surface area contributed by atoms with Gasteiger partial charge in [0.2, 0.25) is 5.95 Å². The van der Waals surface area contributed by atoms with E-state index < -0.39 is 0 Å². The largest absolute Gasteiger partial charge is 0.497 e. The molecule has 0 bridgehead atoms. The number of aromatic amines is 2. The Morgan fingerprint density at radius 1 is 1.23 bits per heavy atom. The topological polar surface area (TPSA) is 78.6 Å². The Hall–Kier alpha value is -2.32. The summed E-state index contributed by atoms with van der Waals surface area (Å²) in [5.41, 5.74) is 2.17. The van der Waals surface area contributed by atoms with E-state index in [4.69, 9.17) is 17.0 Å². The van der Waals surface area contributed by atoms with E-state index in [2.05, 4.69) is 25.3 Å². The summed E-state index contributed by atoms with van der Waals surface area (Å²) in [6.45, 7) is 0.807. The zero-order chi connectivity index (χ0) is 18.2. The molecule has 0 spiro atoms. The van der Waals surface area contributed by atoms with Crippen molar-refractivity contribution in [3.63, 3.8) is 0 Å². The highest BCUT2D eigenvalue weighted by atomic mass is 32.2. The lowest BCUT2D eigenvalue weighted by atomic mass is 10.1. The van der Waals surface area contributed by atoms with Gasteiger partial charge in [0.25, 0.3) is 0 Å². The van der Waals surface area contributed by atoms with Gasteiger partial charge in [0.1, 0.15) is 16.2 Å². The number of methoxy groups -OCH3 is 1. The maximum atomic E-state index is 5.47. The minimum atomic E-state index is 0.701. The molecule has 0 amide bonds. The molecule has 0 aliphatic heterocycles. The molecule has 136 valence electrons. The van der Waals surface area contributed by atoms with Gasteiger partial charge in [-0.3, -0.25) is 0 Å². The molecule has 8 heteroatoms. The first-order chi connectivity index (χ1) is 12.7. The summed E-state index contributed by atoms with van der Waals surface area (Å²) in [7, 11) is 1.66. The number of benzene rings is 1. The molecule has 0 unspecified atom stereocenters. The third kappa shape index (κ3) is 5.34. The molecule has 3 rings (SSSR count). The van der Waals surface area contributed by atoms with Crippen LogP contribution in [0, 0.1) is 4.64 Å². The first-order valence-corrected chi connectivity index (χ1v) is 9.82. The van der Waals surface area contributed by atoms with Crippen LogP contribution in [-0.2, 0) is 12.2 Å². The minimum Gasteiger partial charge on any atom is -0.497 e. The number of anilines is 1. The van der Waals surface area contributed by atoms with Crippen LogP contribution in [0.1, 0.15) is 17.0 Å². The predicted molar refractivity (Wildman–Crippen MR) is 108 cm³/mol. The summed E-state index contributed by atoms with van der Waals surface area (Å²) in [6, 6.07) is 7.98. The van der Waals surface area contributed by atoms with E-state index in [1.807, 2.05) is 48.4 Å². The number of thioether (sulfide) groups is 1. The van der Waals surface area contributed by atoms with Gasteiger partial charge in [0.05, 0.1) is 12.9 Å². The van der Waals surface area contributed by atoms with Gasteiger partial charge in [-0.25, -0.2) is 9.97 Å². The van der Waals surface area contributed by atoms with E-state index in [0.29, 0.717) is 10.6 Å². The molecular formula is C18H21N5OS2. The Bertz CT molecular complexity index is 862. The lowest BCUT2D eigenvalue weighted by Gasteiger charge is -2.08. The Labute approximate surface area is 161 Å². The van der Waals surface area contributed by atoms with Crippen LogP contribution in [0.4, 0.5) is 5.95 Å². The van der Waals surface area contributed by atoms with Gasteiger partial charge in [0, 0.05) is 42.9 Å². The zero-order valence-corrected chi connectivity index (χ0v) is 16.1. The van der Waals surface area contributed by atoms with Crippen molar-refractivity contribution in [2.24, 2.45) is 0 Å². The first kappa shape index (κ1) is 18.5. The van der Waals surface area contributed by atoms with Crippen LogP contribution >= 0.6 is 24.0 Å². The summed E-state index contributed by atoms with van der Waals surface area (Å²) >= 11 is 7.27. The van der Waals surface area contributed by atoms with Crippen molar-refractivity contribution in [2.75, 3.05) is 24.7 Å². The molecule has 0 saturated heterocycles. The fraction of sp³-hybridized carbons (Fsp3) is 0.278. The number of aromatic nitrogens is 4. The van der Waals surface area contributed by atoms with Gasteiger partial charge >= 0.3 is 0 Å².